The predicted octanol–water partition coefficient (Wildman–Crippen LogP) is 2.33. The number of nitrogens with zero attached hydrogens (tertiary/aromatic N) is 2. The number of hydrazine groups is 1. The van der Waals surface area contributed by atoms with Gasteiger partial charge in [-0.2, -0.15) is 5.10 Å². The van der Waals surface area contributed by atoms with E-state index in [9.17, 15) is 4.39 Å². The third-order valence-electron chi connectivity index (χ3n) is 3.10. The Morgan fingerprint density at radius 2 is 2.21 bits per heavy atom. The maximum absolute atomic E-state index is 13.2. The Hall–Kier alpha value is -1.76. The maximum atomic E-state index is 13.2. The van der Waals surface area contributed by atoms with Gasteiger partial charge in [-0.3, -0.25) is 10.5 Å². The van der Waals surface area contributed by atoms with Crippen LogP contribution in [0.25, 0.3) is 10.1 Å². The number of aromatic nitrogens is 2. The first-order valence-corrected chi connectivity index (χ1v) is 6.63. The normalized spacial score (nSPS) is 13.0. The Morgan fingerprint density at radius 3 is 2.89 bits per heavy atom. The monoisotopic (exact) mass is 276 g/mol. The molecule has 4 nitrogen and oxygen atoms in total. The number of nitrogens with one attached hydrogen (secondary N) is 1. The molecule has 3 aromatic rings. The molecular formula is C13H13FN4S. The smallest absolute Gasteiger partial charge is 0.123 e. The van der Waals surface area contributed by atoms with Gasteiger partial charge in [0, 0.05) is 22.8 Å². The minimum atomic E-state index is -0.227. The zero-order valence-corrected chi connectivity index (χ0v) is 11.1. The van der Waals surface area contributed by atoms with E-state index in [4.69, 9.17) is 5.84 Å². The lowest BCUT2D eigenvalue weighted by Gasteiger charge is -2.14. The summed E-state index contributed by atoms with van der Waals surface area (Å²) in [6, 6.07) is 8.52. The standard InChI is InChI=1S/C13H13FN4S/c1-18-10(4-5-16-18)13(17-15)12-7-8-6-9(14)2-3-11(8)19-12/h2-7,13,17H,15H2,1H3. The van der Waals surface area contributed by atoms with Crippen LogP contribution in [0.5, 0.6) is 0 Å². The van der Waals surface area contributed by atoms with Gasteiger partial charge in [0.1, 0.15) is 5.82 Å². The lowest BCUT2D eigenvalue weighted by molar-refractivity contribution is 0.582. The van der Waals surface area contributed by atoms with Gasteiger partial charge in [-0.25, -0.2) is 9.82 Å². The van der Waals surface area contributed by atoms with Crippen LogP contribution < -0.4 is 11.3 Å². The summed E-state index contributed by atoms with van der Waals surface area (Å²) in [6.45, 7) is 0. The lowest BCUT2D eigenvalue weighted by atomic mass is 10.1. The highest BCUT2D eigenvalue weighted by molar-refractivity contribution is 7.19. The van der Waals surface area contributed by atoms with Gasteiger partial charge in [-0.05, 0) is 35.7 Å². The summed E-state index contributed by atoms with van der Waals surface area (Å²) in [5.41, 5.74) is 3.76. The lowest BCUT2D eigenvalue weighted by Crippen LogP contribution is -2.29. The van der Waals surface area contributed by atoms with Crippen LogP contribution in [0.3, 0.4) is 0 Å². The van der Waals surface area contributed by atoms with Crippen LogP contribution in [0.15, 0.2) is 36.5 Å². The number of fused-ring (bicyclic) bond motifs is 1. The van der Waals surface area contributed by atoms with Crippen molar-refractivity contribution in [1.29, 1.82) is 0 Å². The summed E-state index contributed by atoms with van der Waals surface area (Å²) in [7, 11) is 1.87. The van der Waals surface area contributed by atoms with Crippen LogP contribution in [0.1, 0.15) is 16.6 Å². The molecule has 2 heterocycles. The Kier molecular flexibility index (Phi) is 3.06. The summed E-state index contributed by atoms with van der Waals surface area (Å²) in [6.07, 6.45) is 1.73. The Labute approximate surface area is 113 Å². The molecule has 3 N–H and O–H groups in total. The van der Waals surface area contributed by atoms with E-state index in [0.717, 1.165) is 20.7 Å². The minimum absolute atomic E-state index is 0.145. The molecule has 0 fully saturated rings. The van der Waals surface area contributed by atoms with E-state index in [2.05, 4.69) is 10.5 Å². The fourth-order valence-electron chi connectivity index (χ4n) is 2.16. The van der Waals surface area contributed by atoms with Crippen molar-refractivity contribution in [2.75, 3.05) is 0 Å². The van der Waals surface area contributed by atoms with E-state index in [-0.39, 0.29) is 11.9 Å². The molecule has 0 aliphatic rings. The average Bonchev–Trinajstić information content (AvgIpc) is 2.97. The summed E-state index contributed by atoms with van der Waals surface area (Å²) in [4.78, 5) is 1.03. The Morgan fingerprint density at radius 1 is 1.37 bits per heavy atom. The Balaban J connectivity index is 2.09. The molecule has 1 atom stereocenters. The quantitative estimate of drug-likeness (QED) is 0.570. The number of thiophene rings is 1. The third kappa shape index (κ3) is 2.14. The van der Waals surface area contributed by atoms with Crippen LogP contribution in [0.4, 0.5) is 4.39 Å². The summed E-state index contributed by atoms with van der Waals surface area (Å²) < 4.78 is 16.0. The number of rotatable bonds is 3. The number of benzene rings is 1. The van der Waals surface area contributed by atoms with Gasteiger partial charge in [0.25, 0.3) is 0 Å². The number of aryl methyl sites for hydroxylation is 1. The van der Waals surface area contributed by atoms with Gasteiger partial charge in [0.15, 0.2) is 0 Å². The molecule has 1 unspecified atom stereocenters. The summed E-state index contributed by atoms with van der Waals surface area (Å²) >= 11 is 1.60. The molecule has 0 spiro atoms. The summed E-state index contributed by atoms with van der Waals surface area (Å²) in [5.74, 6) is 5.43. The van der Waals surface area contributed by atoms with Gasteiger partial charge in [-0.15, -0.1) is 11.3 Å². The molecule has 6 heteroatoms. The molecule has 0 amide bonds. The van der Waals surface area contributed by atoms with E-state index in [1.165, 1.54) is 12.1 Å². The number of nitrogens with two attached hydrogens (primary N) is 1. The zero-order valence-electron chi connectivity index (χ0n) is 10.3. The molecule has 0 bridgehead atoms. The van der Waals surface area contributed by atoms with Crippen molar-refractivity contribution in [2.24, 2.45) is 12.9 Å². The first kappa shape index (κ1) is 12.3. The van der Waals surface area contributed by atoms with Crippen molar-refractivity contribution in [3.63, 3.8) is 0 Å². The van der Waals surface area contributed by atoms with Gasteiger partial charge in [0.2, 0.25) is 0 Å². The topological polar surface area (TPSA) is 55.9 Å². The zero-order chi connectivity index (χ0) is 13.4. The van der Waals surface area contributed by atoms with Gasteiger partial charge in [0.05, 0.1) is 11.7 Å². The van der Waals surface area contributed by atoms with Crippen LogP contribution in [-0.4, -0.2) is 9.78 Å². The van der Waals surface area contributed by atoms with Crippen LogP contribution in [0.2, 0.25) is 0 Å². The molecular weight excluding hydrogens is 263 g/mol. The van der Waals surface area contributed by atoms with Crippen molar-refractivity contribution < 1.29 is 4.39 Å². The van der Waals surface area contributed by atoms with Crippen molar-refractivity contribution >= 4 is 21.4 Å². The van der Waals surface area contributed by atoms with Gasteiger partial charge in [-0.1, -0.05) is 0 Å². The fraction of sp³-hybridized carbons (Fsp3) is 0.154. The first-order valence-electron chi connectivity index (χ1n) is 5.82. The van der Waals surface area contributed by atoms with Crippen LogP contribution >= 0.6 is 11.3 Å². The largest absolute Gasteiger partial charge is 0.271 e. The summed E-state index contributed by atoms with van der Waals surface area (Å²) in [5, 5.41) is 5.04. The van der Waals surface area contributed by atoms with Crippen LogP contribution in [0, 0.1) is 5.82 Å². The molecule has 0 saturated carbocycles. The van der Waals surface area contributed by atoms with E-state index < -0.39 is 0 Å². The van der Waals surface area contributed by atoms with Crippen molar-refractivity contribution in [1.82, 2.24) is 15.2 Å². The molecule has 0 aliphatic heterocycles. The molecule has 0 aliphatic carbocycles. The van der Waals surface area contributed by atoms with Gasteiger partial charge >= 0.3 is 0 Å². The highest BCUT2D eigenvalue weighted by Crippen LogP contribution is 2.32. The Bertz CT molecular complexity index is 718. The van der Waals surface area contributed by atoms with Crippen molar-refractivity contribution in [3.8, 4) is 0 Å². The van der Waals surface area contributed by atoms with E-state index >= 15 is 0 Å². The SMILES string of the molecule is Cn1nccc1C(NN)c1cc2cc(F)ccc2s1. The number of halogens is 1. The molecule has 3 rings (SSSR count). The molecule has 1 aromatic carbocycles. The number of hydrogen-bond acceptors (Lipinski definition) is 4. The second-order valence-corrected chi connectivity index (χ2v) is 5.43. The second-order valence-electron chi connectivity index (χ2n) is 4.31. The predicted molar refractivity (Wildman–Crippen MR) is 74.2 cm³/mol. The molecule has 0 radical (unpaired) electrons. The molecule has 0 saturated heterocycles. The van der Waals surface area contributed by atoms with E-state index in [1.807, 2.05) is 19.2 Å². The molecule has 98 valence electrons. The first-order chi connectivity index (χ1) is 9.19. The van der Waals surface area contributed by atoms with Crippen molar-refractivity contribution in [3.05, 3.63) is 52.9 Å². The maximum Gasteiger partial charge on any atom is 0.123 e. The highest BCUT2D eigenvalue weighted by Gasteiger charge is 2.18. The van der Waals surface area contributed by atoms with E-state index in [0.29, 0.717) is 0 Å². The van der Waals surface area contributed by atoms with Crippen molar-refractivity contribution in [2.45, 2.75) is 6.04 Å². The fourth-order valence-corrected chi connectivity index (χ4v) is 3.28. The highest BCUT2D eigenvalue weighted by atomic mass is 32.1. The molecule has 2 aromatic heterocycles. The van der Waals surface area contributed by atoms with Crippen LogP contribution in [-0.2, 0) is 7.05 Å². The molecule has 19 heavy (non-hydrogen) atoms. The second kappa shape index (κ2) is 4.73. The number of hydrogen-bond donors (Lipinski definition) is 2. The van der Waals surface area contributed by atoms with E-state index in [1.54, 1.807) is 28.3 Å². The van der Waals surface area contributed by atoms with Gasteiger partial charge < -0.3 is 0 Å². The third-order valence-corrected chi connectivity index (χ3v) is 4.28. The average molecular weight is 276 g/mol. The minimum Gasteiger partial charge on any atom is -0.271 e.